The molecule has 0 saturated heterocycles. The van der Waals surface area contributed by atoms with E-state index >= 15 is 0 Å². The maximum Gasteiger partial charge on any atom is 0.239 e. The molecule has 0 fully saturated rings. The van der Waals surface area contributed by atoms with Crippen molar-refractivity contribution in [3.63, 3.8) is 0 Å². The standard InChI is InChI=1S/C12H17NO3S/c1-10(2)8-12(14)13-17(15,16)9-11-6-4-3-5-7-11/h3-7,10H,8-9H2,1-2H3,(H,13,14). The van der Waals surface area contributed by atoms with E-state index in [4.69, 9.17) is 0 Å². The van der Waals surface area contributed by atoms with Crippen LogP contribution in [-0.4, -0.2) is 14.3 Å². The van der Waals surface area contributed by atoms with Crippen molar-refractivity contribution in [2.24, 2.45) is 5.92 Å². The van der Waals surface area contributed by atoms with Crippen LogP contribution in [0.5, 0.6) is 0 Å². The van der Waals surface area contributed by atoms with Crippen LogP contribution in [0.2, 0.25) is 0 Å². The SMILES string of the molecule is CC(C)CC(=O)NS(=O)(=O)Cc1ccccc1. The normalized spacial score (nSPS) is 11.5. The van der Waals surface area contributed by atoms with Crippen LogP contribution >= 0.6 is 0 Å². The Morgan fingerprint density at radius 3 is 2.35 bits per heavy atom. The highest BCUT2D eigenvalue weighted by molar-refractivity contribution is 7.89. The molecule has 0 saturated carbocycles. The highest BCUT2D eigenvalue weighted by atomic mass is 32.2. The molecule has 1 aromatic rings. The average molecular weight is 255 g/mol. The molecule has 1 rings (SSSR count). The summed E-state index contributed by atoms with van der Waals surface area (Å²) in [5, 5.41) is 0. The third-order valence-corrected chi connectivity index (χ3v) is 3.31. The summed E-state index contributed by atoms with van der Waals surface area (Å²) in [7, 11) is -3.58. The van der Waals surface area contributed by atoms with E-state index in [1.165, 1.54) is 0 Å². The molecule has 0 spiro atoms. The number of benzene rings is 1. The second-order valence-corrected chi connectivity index (χ2v) is 6.09. The quantitative estimate of drug-likeness (QED) is 0.870. The predicted molar refractivity (Wildman–Crippen MR) is 66.7 cm³/mol. The smallest absolute Gasteiger partial charge is 0.239 e. The first-order chi connectivity index (χ1) is 7.89. The van der Waals surface area contributed by atoms with E-state index in [0.29, 0.717) is 5.56 Å². The van der Waals surface area contributed by atoms with Crippen molar-refractivity contribution >= 4 is 15.9 Å². The molecule has 0 aromatic heterocycles. The van der Waals surface area contributed by atoms with Crippen LogP contribution in [0.15, 0.2) is 30.3 Å². The van der Waals surface area contributed by atoms with Gasteiger partial charge in [-0.05, 0) is 11.5 Å². The molecular weight excluding hydrogens is 238 g/mol. The van der Waals surface area contributed by atoms with Gasteiger partial charge in [-0.3, -0.25) is 9.52 Å². The van der Waals surface area contributed by atoms with Gasteiger partial charge in [0.1, 0.15) is 0 Å². The third-order valence-electron chi connectivity index (χ3n) is 2.06. The number of carbonyl (C=O) groups excluding carboxylic acids is 1. The van der Waals surface area contributed by atoms with Crippen LogP contribution < -0.4 is 4.72 Å². The van der Waals surface area contributed by atoms with Gasteiger partial charge in [-0.15, -0.1) is 0 Å². The Hall–Kier alpha value is -1.36. The summed E-state index contributed by atoms with van der Waals surface area (Å²) < 4.78 is 25.4. The number of amides is 1. The largest absolute Gasteiger partial charge is 0.274 e. The lowest BCUT2D eigenvalue weighted by atomic mass is 10.1. The van der Waals surface area contributed by atoms with Crippen LogP contribution in [0.1, 0.15) is 25.8 Å². The Bertz CT molecular complexity index is 466. The Morgan fingerprint density at radius 2 is 1.82 bits per heavy atom. The minimum atomic E-state index is -3.58. The molecule has 0 unspecified atom stereocenters. The highest BCUT2D eigenvalue weighted by Crippen LogP contribution is 2.05. The van der Waals surface area contributed by atoms with Crippen LogP contribution in [0.3, 0.4) is 0 Å². The number of sulfonamides is 1. The lowest BCUT2D eigenvalue weighted by Crippen LogP contribution is -2.32. The van der Waals surface area contributed by atoms with E-state index in [1.54, 1.807) is 24.3 Å². The second-order valence-electron chi connectivity index (χ2n) is 4.37. The minimum absolute atomic E-state index is 0.141. The first-order valence-corrected chi connectivity index (χ1v) is 7.11. The molecule has 0 aliphatic rings. The number of hydrogen-bond donors (Lipinski definition) is 1. The zero-order valence-corrected chi connectivity index (χ0v) is 10.8. The van der Waals surface area contributed by atoms with Gasteiger partial charge in [-0.2, -0.15) is 0 Å². The average Bonchev–Trinajstić information content (AvgIpc) is 2.15. The van der Waals surface area contributed by atoms with E-state index < -0.39 is 15.9 Å². The van der Waals surface area contributed by atoms with Crippen molar-refractivity contribution < 1.29 is 13.2 Å². The van der Waals surface area contributed by atoms with Gasteiger partial charge < -0.3 is 0 Å². The molecule has 4 nitrogen and oxygen atoms in total. The van der Waals surface area contributed by atoms with Crippen LogP contribution in [0.25, 0.3) is 0 Å². The molecule has 17 heavy (non-hydrogen) atoms. The van der Waals surface area contributed by atoms with E-state index in [2.05, 4.69) is 4.72 Å². The van der Waals surface area contributed by atoms with Crippen molar-refractivity contribution in [2.75, 3.05) is 0 Å². The number of nitrogens with one attached hydrogen (secondary N) is 1. The maximum atomic E-state index is 11.7. The lowest BCUT2D eigenvalue weighted by Gasteiger charge is -2.08. The summed E-state index contributed by atoms with van der Waals surface area (Å²) in [6.45, 7) is 3.73. The van der Waals surface area contributed by atoms with Crippen LogP contribution in [0.4, 0.5) is 0 Å². The number of carbonyl (C=O) groups is 1. The summed E-state index contributed by atoms with van der Waals surface area (Å²) in [5.41, 5.74) is 0.664. The van der Waals surface area contributed by atoms with Gasteiger partial charge in [0.2, 0.25) is 15.9 Å². The molecule has 0 atom stereocenters. The van der Waals surface area contributed by atoms with E-state index in [1.807, 2.05) is 19.9 Å². The molecule has 1 amide bonds. The third kappa shape index (κ3) is 5.49. The van der Waals surface area contributed by atoms with Crippen molar-refractivity contribution in [3.8, 4) is 0 Å². The summed E-state index contributed by atoms with van der Waals surface area (Å²) in [6.07, 6.45) is 0.216. The lowest BCUT2D eigenvalue weighted by molar-refractivity contribution is -0.120. The molecule has 0 bridgehead atoms. The van der Waals surface area contributed by atoms with Crippen molar-refractivity contribution in [1.29, 1.82) is 0 Å². The van der Waals surface area contributed by atoms with E-state index in [9.17, 15) is 13.2 Å². The molecule has 94 valence electrons. The van der Waals surface area contributed by atoms with Gasteiger partial charge >= 0.3 is 0 Å². The molecule has 0 aliphatic heterocycles. The molecule has 1 aromatic carbocycles. The zero-order chi connectivity index (χ0) is 12.9. The topological polar surface area (TPSA) is 63.2 Å². The van der Waals surface area contributed by atoms with Gasteiger partial charge in [-0.25, -0.2) is 8.42 Å². The monoisotopic (exact) mass is 255 g/mol. The van der Waals surface area contributed by atoms with E-state index in [-0.39, 0.29) is 18.1 Å². The summed E-state index contributed by atoms with van der Waals surface area (Å²) in [4.78, 5) is 11.4. The van der Waals surface area contributed by atoms with Crippen molar-refractivity contribution in [1.82, 2.24) is 4.72 Å². The molecule has 1 N–H and O–H groups in total. The van der Waals surface area contributed by atoms with Gasteiger partial charge in [-0.1, -0.05) is 44.2 Å². The molecular formula is C12H17NO3S. The van der Waals surface area contributed by atoms with Gasteiger partial charge in [0.25, 0.3) is 0 Å². The number of rotatable bonds is 5. The Balaban J connectivity index is 2.61. The highest BCUT2D eigenvalue weighted by Gasteiger charge is 2.15. The first kappa shape index (κ1) is 13.7. The molecule has 5 heteroatoms. The second kappa shape index (κ2) is 5.82. The van der Waals surface area contributed by atoms with Crippen LogP contribution in [-0.2, 0) is 20.6 Å². The Morgan fingerprint density at radius 1 is 1.24 bits per heavy atom. The summed E-state index contributed by atoms with van der Waals surface area (Å²) in [5.74, 6) is -0.477. The Labute approximate surface area is 102 Å². The Kier molecular flexibility index (Phi) is 4.69. The molecule has 0 radical (unpaired) electrons. The van der Waals surface area contributed by atoms with Crippen molar-refractivity contribution in [3.05, 3.63) is 35.9 Å². The fourth-order valence-corrected chi connectivity index (χ4v) is 2.55. The van der Waals surface area contributed by atoms with E-state index in [0.717, 1.165) is 0 Å². The zero-order valence-electron chi connectivity index (χ0n) is 10.0. The fourth-order valence-electron chi connectivity index (χ4n) is 1.42. The van der Waals surface area contributed by atoms with Gasteiger partial charge in [0, 0.05) is 6.42 Å². The molecule has 0 heterocycles. The fraction of sp³-hybridized carbons (Fsp3) is 0.417. The first-order valence-electron chi connectivity index (χ1n) is 5.46. The van der Waals surface area contributed by atoms with Crippen LogP contribution in [0, 0.1) is 5.92 Å². The molecule has 0 aliphatic carbocycles. The summed E-state index contributed by atoms with van der Waals surface area (Å²) >= 11 is 0. The van der Waals surface area contributed by atoms with Crippen molar-refractivity contribution in [2.45, 2.75) is 26.0 Å². The van der Waals surface area contributed by atoms with Gasteiger partial charge in [0.05, 0.1) is 5.75 Å². The maximum absolute atomic E-state index is 11.7. The minimum Gasteiger partial charge on any atom is -0.274 e. The number of hydrogen-bond acceptors (Lipinski definition) is 3. The summed E-state index contributed by atoms with van der Waals surface area (Å²) in [6, 6.07) is 8.77. The predicted octanol–water partition coefficient (Wildman–Crippen LogP) is 1.68. The van der Waals surface area contributed by atoms with Gasteiger partial charge in [0.15, 0.2) is 0 Å².